The average molecular weight is 1090 g/mol. The highest BCUT2D eigenvalue weighted by Crippen LogP contribution is 2.38. The number of phosphoric ester groups is 1. The maximum absolute atomic E-state index is 13.5. The van der Waals surface area contributed by atoms with Gasteiger partial charge in [-0.25, -0.2) is 0 Å². The Morgan fingerprint density at radius 2 is 0.844 bits per heavy atom. The fourth-order valence-electron chi connectivity index (χ4n) is 8.14. The topological polar surface area (TPSA) is 114 Å². The van der Waals surface area contributed by atoms with E-state index in [4.69, 9.17) is 13.8 Å². The van der Waals surface area contributed by atoms with Crippen molar-refractivity contribution >= 4 is 19.7 Å². The molecule has 0 aromatic carbocycles. The minimum absolute atomic E-state index is 0.0414. The van der Waals surface area contributed by atoms with Gasteiger partial charge in [-0.3, -0.25) is 14.2 Å². The molecule has 77 heavy (non-hydrogen) atoms. The Balaban J connectivity index is 5.35. The zero-order chi connectivity index (χ0) is 56.4. The van der Waals surface area contributed by atoms with Crippen molar-refractivity contribution in [2.45, 2.75) is 251 Å². The van der Waals surface area contributed by atoms with Crippen LogP contribution in [0.25, 0.3) is 0 Å². The summed E-state index contributed by atoms with van der Waals surface area (Å²) in [5, 5.41) is 3.00. The first kappa shape index (κ1) is 73.4. The summed E-state index contributed by atoms with van der Waals surface area (Å²) in [4.78, 5) is 39.9. The summed E-state index contributed by atoms with van der Waals surface area (Å²) in [6, 6.07) is -0.931. The molecule has 0 fully saturated rings. The Morgan fingerprint density at radius 1 is 0.468 bits per heavy atom. The molecule has 10 heteroatoms. The van der Waals surface area contributed by atoms with Gasteiger partial charge in [-0.05, 0) is 109 Å². The highest BCUT2D eigenvalue weighted by molar-refractivity contribution is 7.45. The first-order chi connectivity index (χ1) is 37.4. The number of hydrogen-bond donors (Lipinski definition) is 1. The zero-order valence-electron chi connectivity index (χ0n) is 50.1. The molecular formula is C67H115N2O7P. The Hall–Kier alpha value is -3.59. The maximum Gasteiger partial charge on any atom is 0.306 e. The molecule has 0 spiro atoms. The molecule has 0 heterocycles. The van der Waals surface area contributed by atoms with Gasteiger partial charge in [0.05, 0.1) is 33.8 Å². The third kappa shape index (κ3) is 56.9. The molecule has 3 unspecified atom stereocenters. The number of likely N-dealkylation sites (N-methyl/N-ethyl adjacent to an activating group) is 1. The summed E-state index contributed by atoms with van der Waals surface area (Å²) in [6.45, 7) is 6.62. The number of phosphoric acid groups is 1. The maximum atomic E-state index is 13.5. The molecule has 3 atom stereocenters. The number of hydrogen-bond acceptors (Lipinski definition) is 7. The lowest BCUT2D eigenvalue weighted by molar-refractivity contribution is -0.870. The normalized spacial score (nSPS) is 14.5. The third-order valence-corrected chi connectivity index (χ3v) is 13.9. The fraction of sp³-hybridized carbons (Fsp3) is 0.672. The van der Waals surface area contributed by atoms with E-state index in [0.717, 1.165) is 96.3 Å². The lowest BCUT2D eigenvalue weighted by Crippen LogP contribution is -2.47. The van der Waals surface area contributed by atoms with E-state index >= 15 is 0 Å². The largest absolute Gasteiger partial charge is 0.756 e. The molecule has 0 radical (unpaired) electrons. The van der Waals surface area contributed by atoms with E-state index in [0.29, 0.717) is 23.9 Å². The smallest absolute Gasteiger partial charge is 0.306 e. The van der Waals surface area contributed by atoms with Crippen LogP contribution in [0.5, 0.6) is 0 Å². The number of amides is 1. The van der Waals surface area contributed by atoms with Crippen LogP contribution in [0.2, 0.25) is 0 Å². The van der Waals surface area contributed by atoms with Gasteiger partial charge in [0.15, 0.2) is 0 Å². The summed E-state index contributed by atoms with van der Waals surface area (Å²) < 4.78 is 30.2. The molecule has 0 saturated heterocycles. The van der Waals surface area contributed by atoms with Gasteiger partial charge in [-0.2, -0.15) is 0 Å². The number of nitrogens with one attached hydrogen (secondary N) is 1. The van der Waals surface area contributed by atoms with Gasteiger partial charge < -0.3 is 28.5 Å². The summed E-state index contributed by atoms with van der Waals surface area (Å²) in [5.74, 6) is -0.655. The molecule has 0 aliphatic rings. The second-order valence-corrected chi connectivity index (χ2v) is 22.9. The molecule has 0 aliphatic heterocycles. The van der Waals surface area contributed by atoms with Gasteiger partial charge in [0.1, 0.15) is 19.3 Å². The predicted molar refractivity (Wildman–Crippen MR) is 330 cm³/mol. The van der Waals surface area contributed by atoms with Crippen LogP contribution in [0, 0.1) is 0 Å². The minimum atomic E-state index is -4.72. The molecule has 0 rings (SSSR count). The van der Waals surface area contributed by atoms with Gasteiger partial charge in [-0.1, -0.05) is 239 Å². The number of unbranched alkanes of at least 4 members (excludes halogenated alkanes) is 20. The SMILES string of the molecule is CC/C=C\C/C=C\C/C=C\C/C=C\C/C=C\C/C=C\CCC(=O)OC(/C=C/CCCCCCCCCCC)C(COP(=O)([O-])OCC[N+](C)(C)C)NC(=O)CCCCCCCCCC/C=C\C/C=C\C/C=C\CCCCC. The average Bonchev–Trinajstić information content (AvgIpc) is 3.39. The third-order valence-electron chi connectivity index (χ3n) is 12.9. The van der Waals surface area contributed by atoms with Crippen molar-refractivity contribution in [3.05, 3.63) is 122 Å². The van der Waals surface area contributed by atoms with Crippen LogP contribution in [0.15, 0.2) is 122 Å². The second kappa shape index (κ2) is 55.7. The molecule has 0 aromatic rings. The van der Waals surface area contributed by atoms with Crippen molar-refractivity contribution in [1.82, 2.24) is 5.32 Å². The van der Waals surface area contributed by atoms with Crippen molar-refractivity contribution in [3.8, 4) is 0 Å². The van der Waals surface area contributed by atoms with E-state index in [2.05, 4.69) is 123 Å². The van der Waals surface area contributed by atoms with Crippen LogP contribution >= 0.6 is 7.82 Å². The number of carbonyl (C=O) groups excluding carboxylic acids is 2. The monoisotopic (exact) mass is 1090 g/mol. The van der Waals surface area contributed by atoms with Crippen LogP contribution in [-0.4, -0.2) is 69.4 Å². The number of allylic oxidation sites excluding steroid dienone is 19. The molecule has 1 amide bonds. The lowest BCUT2D eigenvalue weighted by atomic mass is 10.1. The first-order valence-corrected chi connectivity index (χ1v) is 32.3. The van der Waals surface area contributed by atoms with Crippen molar-refractivity contribution in [1.29, 1.82) is 0 Å². The highest BCUT2D eigenvalue weighted by atomic mass is 31.2. The van der Waals surface area contributed by atoms with Crippen molar-refractivity contribution in [3.63, 3.8) is 0 Å². The van der Waals surface area contributed by atoms with Crippen LogP contribution < -0.4 is 10.2 Å². The predicted octanol–water partition coefficient (Wildman–Crippen LogP) is 18.5. The van der Waals surface area contributed by atoms with Gasteiger partial charge >= 0.3 is 5.97 Å². The van der Waals surface area contributed by atoms with Crippen LogP contribution in [-0.2, 0) is 27.9 Å². The quantitative estimate of drug-likeness (QED) is 0.0212. The van der Waals surface area contributed by atoms with E-state index in [-0.39, 0.29) is 25.4 Å². The summed E-state index contributed by atoms with van der Waals surface area (Å²) in [7, 11) is 1.12. The van der Waals surface area contributed by atoms with E-state index in [9.17, 15) is 19.0 Å². The van der Waals surface area contributed by atoms with E-state index in [1.807, 2.05) is 39.4 Å². The Morgan fingerprint density at radius 3 is 1.30 bits per heavy atom. The lowest BCUT2D eigenvalue weighted by Gasteiger charge is -2.30. The van der Waals surface area contributed by atoms with Crippen molar-refractivity contribution in [2.24, 2.45) is 0 Å². The first-order valence-electron chi connectivity index (χ1n) is 30.8. The summed E-state index contributed by atoms with van der Waals surface area (Å²) in [5.41, 5.74) is 0. The summed E-state index contributed by atoms with van der Waals surface area (Å²) >= 11 is 0. The van der Waals surface area contributed by atoms with Crippen LogP contribution in [0.1, 0.15) is 239 Å². The van der Waals surface area contributed by atoms with Gasteiger partial charge in [0.25, 0.3) is 7.82 Å². The molecule has 0 aromatic heterocycles. The summed E-state index contributed by atoms with van der Waals surface area (Å²) in [6.07, 6.45) is 77.5. The molecule has 0 saturated carbocycles. The van der Waals surface area contributed by atoms with Crippen LogP contribution in [0.3, 0.4) is 0 Å². The van der Waals surface area contributed by atoms with E-state index in [1.54, 1.807) is 6.08 Å². The minimum Gasteiger partial charge on any atom is -0.756 e. The number of ether oxygens (including phenoxy) is 1. The number of rotatable bonds is 54. The highest BCUT2D eigenvalue weighted by Gasteiger charge is 2.27. The van der Waals surface area contributed by atoms with Crippen molar-refractivity contribution in [2.75, 3.05) is 40.9 Å². The number of quaternary nitrogens is 1. The molecule has 1 N–H and O–H groups in total. The Kier molecular flexibility index (Phi) is 53.1. The zero-order valence-corrected chi connectivity index (χ0v) is 51.0. The second-order valence-electron chi connectivity index (χ2n) is 21.5. The fourth-order valence-corrected chi connectivity index (χ4v) is 8.86. The Bertz CT molecular complexity index is 1730. The molecular weight excluding hydrogens is 976 g/mol. The van der Waals surface area contributed by atoms with Gasteiger partial charge in [0, 0.05) is 12.8 Å². The standard InChI is InChI=1S/C67H115N2O7P/c1-7-10-13-16-19-22-25-27-29-31-33-34-36-37-39-41-44-47-50-53-56-59-66(70)68-64(63-75-77(72,73)74-62-61-69(4,5)6)65(58-55-52-49-46-43-24-21-18-15-12-9-3)76-67(71)60-57-54-51-48-45-42-40-38-35-32-30-28-26-23-20-17-14-11-8-2/h11,14,19-20,22-23,27-30,33-35,38,42,45,51,54-55,58,64-65H,7-10,12-13,15-18,21,24-26,31-32,36-37,39-41,43-44,46-50,52-53,56-57,59-63H2,1-6H3,(H-,68,70,72,73)/b14-11-,22-19-,23-20-,29-27-,30-28-,34-33-,38-35-,45-42-,54-51-,58-55+. The van der Waals surface area contributed by atoms with E-state index in [1.165, 1.54) is 96.3 Å². The number of carbonyl (C=O) groups is 2. The van der Waals surface area contributed by atoms with Gasteiger partial charge in [0.2, 0.25) is 5.91 Å². The Labute approximate surface area is 473 Å². The van der Waals surface area contributed by atoms with Crippen molar-refractivity contribution < 1.29 is 37.3 Å². The molecule has 0 bridgehead atoms. The molecule has 440 valence electrons. The van der Waals surface area contributed by atoms with E-state index < -0.39 is 32.5 Å². The van der Waals surface area contributed by atoms with Gasteiger partial charge in [-0.15, -0.1) is 0 Å². The number of esters is 1. The molecule has 9 nitrogen and oxygen atoms in total. The number of nitrogens with zero attached hydrogens (tertiary/aromatic N) is 1. The van der Waals surface area contributed by atoms with Crippen LogP contribution in [0.4, 0.5) is 0 Å². The molecule has 0 aliphatic carbocycles.